The van der Waals surface area contributed by atoms with Crippen molar-refractivity contribution in [3.05, 3.63) is 96.1 Å². The molecule has 0 N–H and O–H groups in total. The van der Waals surface area contributed by atoms with Crippen LogP contribution in [0.25, 0.3) is 0 Å². The lowest BCUT2D eigenvalue weighted by Gasteiger charge is -2.37. The molecule has 1 fully saturated rings. The van der Waals surface area contributed by atoms with Gasteiger partial charge in [-0.3, -0.25) is 4.90 Å². The van der Waals surface area contributed by atoms with Crippen LogP contribution in [-0.2, 0) is 11.3 Å². The van der Waals surface area contributed by atoms with E-state index in [-0.39, 0.29) is 11.4 Å². The lowest BCUT2D eigenvalue weighted by atomic mass is 10.1. The summed E-state index contributed by atoms with van der Waals surface area (Å²) in [5, 5.41) is 0.200. The monoisotopic (exact) mass is 405 g/mol. The number of methoxy groups -OCH3 is 1. The van der Waals surface area contributed by atoms with Crippen molar-refractivity contribution in [3.63, 3.8) is 0 Å². The molecule has 0 spiro atoms. The summed E-state index contributed by atoms with van der Waals surface area (Å²) in [6, 6.07) is 29.6. The van der Waals surface area contributed by atoms with Gasteiger partial charge in [-0.15, -0.1) is 11.8 Å². The van der Waals surface area contributed by atoms with Gasteiger partial charge in [-0.25, -0.2) is 0 Å². The zero-order valence-electron chi connectivity index (χ0n) is 16.7. The molecule has 2 atom stereocenters. The van der Waals surface area contributed by atoms with Crippen LogP contribution in [0.4, 0.5) is 0 Å². The quantitative estimate of drug-likeness (QED) is 0.489. The molecule has 29 heavy (non-hydrogen) atoms. The summed E-state index contributed by atoms with van der Waals surface area (Å²) >= 11 is 1.83. The van der Waals surface area contributed by atoms with E-state index in [1.54, 1.807) is 7.11 Å². The summed E-state index contributed by atoms with van der Waals surface area (Å²) < 4.78 is 11.9. The largest absolute Gasteiger partial charge is 0.496 e. The maximum atomic E-state index is 6.30. The fourth-order valence-corrected chi connectivity index (χ4v) is 5.06. The van der Waals surface area contributed by atoms with Crippen molar-refractivity contribution in [2.45, 2.75) is 22.8 Å². The van der Waals surface area contributed by atoms with E-state index in [0.717, 1.165) is 36.9 Å². The lowest BCUT2D eigenvalue weighted by molar-refractivity contribution is -0.0319. The number of ether oxygens (including phenoxy) is 2. The average molecular weight is 406 g/mol. The molecule has 0 aromatic heterocycles. The molecule has 4 heteroatoms. The van der Waals surface area contributed by atoms with E-state index in [9.17, 15) is 0 Å². The van der Waals surface area contributed by atoms with E-state index in [4.69, 9.17) is 9.47 Å². The van der Waals surface area contributed by atoms with Crippen LogP contribution in [-0.4, -0.2) is 37.8 Å². The van der Waals surface area contributed by atoms with Crippen LogP contribution in [0.5, 0.6) is 5.75 Å². The SMILES string of the molecule is COc1ccccc1SC(c1ccccc1)[C@@H]1CN(Cc2ccccc2)CCO1. The fourth-order valence-electron chi connectivity index (χ4n) is 3.75. The summed E-state index contributed by atoms with van der Waals surface area (Å²) in [5.41, 5.74) is 2.64. The van der Waals surface area contributed by atoms with Gasteiger partial charge in [0.25, 0.3) is 0 Å². The molecular formula is C25H27NO2S. The van der Waals surface area contributed by atoms with Gasteiger partial charge >= 0.3 is 0 Å². The molecule has 3 nitrogen and oxygen atoms in total. The van der Waals surface area contributed by atoms with Crippen molar-refractivity contribution < 1.29 is 9.47 Å². The van der Waals surface area contributed by atoms with Gasteiger partial charge in [0.2, 0.25) is 0 Å². The zero-order chi connectivity index (χ0) is 19.9. The fraction of sp³-hybridized carbons (Fsp3) is 0.280. The van der Waals surface area contributed by atoms with Crippen LogP contribution < -0.4 is 4.74 Å². The lowest BCUT2D eigenvalue weighted by Crippen LogP contribution is -2.44. The van der Waals surface area contributed by atoms with Gasteiger partial charge < -0.3 is 9.47 Å². The Kier molecular flexibility index (Phi) is 6.88. The molecule has 1 aliphatic heterocycles. The molecule has 1 unspecified atom stereocenters. The predicted molar refractivity (Wildman–Crippen MR) is 119 cm³/mol. The van der Waals surface area contributed by atoms with E-state index < -0.39 is 0 Å². The Bertz CT molecular complexity index is 888. The molecule has 0 amide bonds. The average Bonchev–Trinajstić information content (AvgIpc) is 2.79. The molecule has 150 valence electrons. The minimum atomic E-state index is 0.116. The molecule has 0 aliphatic carbocycles. The first-order valence-electron chi connectivity index (χ1n) is 10.1. The summed E-state index contributed by atoms with van der Waals surface area (Å²) in [6.07, 6.45) is 0.116. The zero-order valence-corrected chi connectivity index (χ0v) is 17.6. The number of nitrogens with zero attached hydrogens (tertiary/aromatic N) is 1. The Morgan fingerprint density at radius 3 is 2.41 bits per heavy atom. The van der Waals surface area contributed by atoms with Crippen LogP contribution in [0.3, 0.4) is 0 Å². The Morgan fingerprint density at radius 1 is 0.966 bits per heavy atom. The first kappa shape index (κ1) is 20.0. The number of para-hydroxylation sites is 1. The second-order valence-corrected chi connectivity index (χ2v) is 8.41. The van der Waals surface area contributed by atoms with E-state index in [2.05, 4.69) is 77.7 Å². The highest BCUT2D eigenvalue weighted by Crippen LogP contribution is 2.43. The standard InChI is InChI=1S/C25H27NO2S/c1-27-22-14-8-9-15-24(22)29-25(21-12-6-3-7-13-21)23-19-26(16-17-28-23)18-20-10-4-2-5-11-20/h2-15,23,25H,16-19H2,1H3/t23-,25?/m0/s1. The molecule has 1 saturated heterocycles. The van der Waals surface area contributed by atoms with E-state index in [1.807, 2.05) is 23.9 Å². The molecule has 0 saturated carbocycles. The first-order valence-corrected chi connectivity index (χ1v) is 10.9. The highest BCUT2D eigenvalue weighted by Gasteiger charge is 2.30. The third-order valence-electron chi connectivity index (χ3n) is 5.22. The van der Waals surface area contributed by atoms with Crippen molar-refractivity contribution >= 4 is 11.8 Å². The molecule has 4 rings (SSSR count). The van der Waals surface area contributed by atoms with Crippen LogP contribution in [0.2, 0.25) is 0 Å². The van der Waals surface area contributed by atoms with Crippen LogP contribution >= 0.6 is 11.8 Å². The third kappa shape index (κ3) is 5.21. The Morgan fingerprint density at radius 2 is 1.66 bits per heavy atom. The second-order valence-electron chi connectivity index (χ2n) is 7.23. The van der Waals surface area contributed by atoms with Crippen molar-refractivity contribution in [2.75, 3.05) is 26.8 Å². The van der Waals surface area contributed by atoms with Crippen LogP contribution in [0, 0.1) is 0 Å². The van der Waals surface area contributed by atoms with E-state index in [0.29, 0.717) is 0 Å². The number of rotatable bonds is 7. The normalized spacial score (nSPS) is 18.3. The van der Waals surface area contributed by atoms with E-state index in [1.165, 1.54) is 11.1 Å². The highest BCUT2D eigenvalue weighted by molar-refractivity contribution is 7.99. The minimum Gasteiger partial charge on any atom is -0.496 e. The van der Waals surface area contributed by atoms with Crippen molar-refractivity contribution in [3.8, 4) is 5.75 Å². The van der Waals surface area contributed by atoms with Crippen LogP contribution in [0.15, 0.2) is 89.8 Å². The predicted octanol–water partition coefficient (Wildman–Crippen LogP) is 5.43. The van der Waals surface area contributed by atoms with Gasteiger partial charge in [-0.2, -0.15) is 0 Å². The smallest absolute Gasteiger partial charge is 0.132 e. The third-order valence-corrected chi connectivity index (χ3v) is 6.64. The van der Waals surface area contributed by atoms with Crippen LogP contribution in [0.1, 0.15) is 16.4 Å². The highest BCUT2D eigenvalue weighted by atomic mass is 32.2. The van der Waals surface area contributed by atoms with Crippen molar-refractivity contribution in [2.24, 2.45) is 0 Å². The second kappa shape index (κ2) is 9.97. The number of morpholine rings is 1. The summed E-state index contributed by atoms with van der Waals surface area (Å²) in [6.45, 7) is 3.59. The van der Waals surface area contributed by atoms with Gasteiger partial charge in [0.15, 0.2) is 0 Å². The number of hydrogen-bond acceptors (Lipinski definition) is 4. The first-order chi connectivity index (χ1) is 14.3. The van der Waals surface area contributed by atoms with Crippen molar-refractivity contribution in [1.29, 1.82) is 0 Å². The molecule has 3 aromatic rings. The molecule has 0 radical (unpaired) electrons. The summed E-state index contributed by atoms with van der Waals surface area (Å²) in [7, 11) is 1.73. The number of thioether (sulfide) groups is 1. The summed E-state index contributed by atoms with van der Waals surface area (Å²) in [4.78, 5) is 3.65. The molecule has 1 heterocycles. The van der Waals surface area contributed by atoms with Gasteiger partial charge in [0, 0.05) is 19.6 Å². The molecule has 0 bridgehead atoms. The maximum absolute atomic E-state index is 6.30. The van der Waals surface area contributed by atoms with E-state index >= 15 is 0 Å². The molecule has 3 aromatic carbocycles. The summed E-state index contributed by atoms with van der Waals surface area (Å²) in [5.74, 6) is 0.912. The van der Waals surface area contributed by atoms with Gasteiger partial charge in [-0.05, 0) is 23.3 Å². The number of hydrogen-bond donors (Lipinski definition) is 0. The Balaban J connectivity index is 1.55. The Labute approximate surface area is 177 Å². The maximum Gasteiger partial charge on any atom is 0.132 e. The van der Waals surface area contributed by atoms with Crippen molar-refractivity contribution in [1.82, 2.24) is 4.90 Å². The molecular weight excluding hydrogens is 378 g/mol. The Hall–Kier alpha value is -2.27. The molecule has 1 aliphatic rings. The van der Waals surface area contributed by atoms with Gasteiger partial charge in [0.05, 0.1) is 30.0 Å². The van der Waals surface area contributed by atoms with Gasteiger partial charge in [-0.1, -0.05) is 72.8 Å². The number of benzene rings is 3. The minimum absolute atomic E-state index is 0.116. The van der Waals surface area contributed by atoms with Gasteiger partial charge in [0.1, 0.15) is 5.75 Å². The topological polar surface area (TPSA) is 21.7 Å².